The van der Waals surface area contributed by atoms with Gasteiger partial charge in [0.2, 0.25) is 0 Å². The summed E-state index contributed by atoms with van der Waals surface area (Å²) >= 11 is 0. The monoisotopic (exact) mass is 408 g/mol. The number of carbonyl (C=O) groups excluding carboxylic acids is 2. The van der Waals surface area contributed by atoms with Crippen LogP contribution in [0.2, 0.25) is 0 Å². The van der Waals surface area contributed by atoms with Crippen molar-refractivity contribution >= 4 is 23.0 Å². The first-order valence-electron chi connectivity index (χ1n) is 10.1. The molecule has 0 aliphatic carbocycles. The van der Waals surface area contributed by atoms with E-state index in [1.165, 1.54) is 22.6 Å². The fraction of sp³-hybridized carbons (Fsp3) is 0.348. The maximum Gasteiger partial charge on any atom is 0.325 e. The van der Waals surface area contributed by atoms with Gasteiger partial charge in [0.05, 0.1) is 17.6 Å². The van der Waals surface area contributed by atoms with Gasteiger partial charge in [-0.1, -0.05) is 38.1 Å². The lowest BCUT2D eigenvalue weighted by molar-refractivity contribution is -0.131. The first-order valence-corrected chi connectivity index (χ1v) is 10.1. The lowest BCUT2D eigenvalue weighted by atomic mass is 9.90. The standard InChI is InChI=1S/C23H25FN4O2/c1-5-27-19-11-10-17(24)12-18(19)25-20(27)13-28-21(29)23(4,26-22(28)30)16-8-6-15(7-9-16)14(2)3/h6-12,14H,5,13H2,1-4H3,(H,26,30). The summed E-state index contributed by atoms with van der Waals surface area (Å²) < 4.78 is 15.5. The van der Waals surface area contributed by atoms with Crippen molar-refractivity contribution in [1.82, 2.24) is 19.8 Å². The van der Waals surface area contributed by atoms with Crippen molar-refractivity contribution in [3.8, 4) is 0 Å². The summed E-state index contributed by atoms with van der Waals surface area (Å²) in [6, 6.07) is 11.7. The summed E-state index contributed by atoms with van der Waals surface area (Å²) in [7, 11) is 0. The van der Waals surface area contributed by atoms with Gasteiger partial charge >= 0.3 is 6.03 Å². The number of carbonyl (C=O) groups is 2. The molecule has 1 saturated heterocycles. The van der Waals surface area contributed by atoms with E-state index in [1.807, 2.05) is 35.8 Å². The fourth-order valence-electron chi connectivity index (χ4n) is 4.01. The van der Waals surface area contributed by atoms with Crippen molar-refractivity contribution in [1.29, 1.82) is 0 Å². The third kappa shape index (κ3) is 3.14. The van der Waals surface area contributed by atoms with E-state index in [0.29, 0.717) is 23.8 Å². The highest BCUT2D eigenvalue weighted by Crippen LogP contribution is 2.31. The largest absolute Gasteiger partial charge is 0.327 e. The highest BCUT2D eigenvalue weighted by Gasteiger charge is 2.49. The summed E-state index contributed by atoms with van der Waals surface area (Å²) in [4.78, 5) is 31.7. The Bertz CT molecular complexity index is 1140. The van der Waals surface area contributed by atoms with E-state index in [4.69, 9.17) is 0 Å². The molecule has 6 nitrogen and oxygen atoms in total. The van der Waals surface area contributed by atoms with E-state index in [-0.39, 0.29) is 18.3 Å². The van der Waals surface area contributed by atoms with Crippen molar-refractivity contribution in [2.45, 2.75) is 52.2 Å². The zero-order valence-electron chi connectivity index (χ0n) is 17.6. The minimum Gasteiger partial charge on any atom is -0.327 e. The second-order valence-electron chi connectivity index (χ2n) is 8.13. The number of imidazole rings is 1. The lowest BCUT2D eigenvalue weighted by Crippen LogP contribution is -2.40. The van der Waals surface area contributed by atoms with Gasteiger partial charge in [0, 0.05) is 12.6 Å². The van der Waals surface area contributed by atoms with Crippen LogP contribution in [0.1, 0.15) is 50.6 Å². The number of nitrogens with zero attached hydrogens (tertiary/aromatic N) is 3. The number of amides is 3. The number of aromatic nitrogens is 2. The van der Waals surface area contributed by atoms with Crippen LogP contribution in [0.3, 0.4) is 0 Å². The zero-order chi connectivity index (χ0) is 21.6. The Morgan fingerprint density at radius 3 is 2.47 bits per heavy atom. The minimum atomic E-state index is -1.14. The molecule has 1 aliphatic rings. The fourth-order valence-corrected chi connectivity index (χ4v) is 4.01. The molecule has 4 rings (SSSR count). The molecule has 156 valence electrons. The summed E-state index contributed by atoms with van der Waals surface area (Å²) in [5.41, 5.74) is 2.04. The van der Waals surface area contributed by atoms with Gasteiger partial charge in [0.25, 0.3) is 5.91 Å². The smallest absolute Gasteiger partial charge is 0.325 e. The van der Waals surface area contributed by atoms with Gasteiger partial charge in [-0.2, -0.15) is 0 Å². The number of hydrogen-bond acceptors (Lipinski definition) is 3. The predicted octanol–water partition coefficient (Wildman–Crippen LogP) is 4.29. The SMILES string of the molecule is CCn1c(CN2C(=O)NC(C)(c3ccc(C(C)C)cc3)C2=O)nc2cc(F)ccc21. The number of aryl methyl sites for hydroxylation is 1. The second-order valence-corrected chi connectivity index (χ2v) is 8.13. The van der Waals surface area contributed by atoms with Crippen molar-refractivity contribution in [2.24, 2.45) is 0 Å². The summed E-state index contributed by atoms with van der Waals surface area (Å²) in [5, 5.41) is 2.84. The average molecular weight is 408 g/mol. The predicted molar refractivity (Wildman–Crippen MR) is 112 cm³/mol. The van der Waals surface area contributed by atoms with Gasteiger partial charge in [0.1, 0.15) is 17.2 Å². The first kappa shape index (κ1) is 20.1. The van der Waals surface area contributed by atoms with Gasteiger partial charge in [0.15, 0.2) is 0 Å². The normalized spacial score (nSPS) is 19.2. The summed E-state index contributed by atoms with van der Waals surface area (Å²) in [6.45, 7) is 8.48. The Hall–Kier alpha value is -3.22. The highest BCUT2D eigenvalue weighted by molar-refractivity contribution is 6.07. The molecule has 0 saturated carbocycles. The molecule has 3 amide bonds. The molecule has 1 aromatic heterocycles. The van der Waals surface area contributed by atoms with Crippen molar-refractivity contribution in [3.05, 3.63) is 65.2 Å². The molecule has 1 atom stereocenters. The molecule has 30 heavy (non-hydrogen) atoms. The van der Waals surface area contributed by atoms with Crippen LogP contribution in [0.4, 0.5) is 9.18 Å². The number of hydrogen-bond donors (Lipinski definition) is 1. The Balaban J connectivity index is 1.66. The quantitative estimate of drug-likeness (QED) is 0.641. The minimum absolute atomic E-state index is 0.0223. The first-order chi connectivity index (χ1) is 14.2. The maximum absolute atomic E-state index is 13.6. The van der Waals surface area contributed by atoms with Crippen LogP contribution in [0.25, 0.3) is 11.0 Å². The number of imide groups is 1. The Morgan fingerprint density at radius 1 is 1.13 bits per heavy atom. The molecular weight excluding hydrogens is 383 g/mol. The number of halogens is 1. The number of nitrogens with one attached hydrogen (secondary N) is 1. The van der Waals surface area contributed by atoms with E-state index < -0.39 is 11.6 Å². The van der Waals surface area contributed by atoms with Crippen LogP contribution in [0, 0.1) is 5.82 Å². The number of fused-ring (bicyclic) bond motifs is 1. The van der Waals surface area contributed by atoms with Crippen LogP contribution < -0.4 is 5.32 Å². The van der Waals surface area contributed by atoms with E-state index in [2.05, 4.69) is 24.1 Å². The Kier molecular flexibility index (Phi) is 4.84. The molecule has 0 radical (unpaired) electrons. The van der Waals surface area contributed by atoms with E-state index in [9.17, 15) is 14.0 Å². The molecule has 0 spiro atoms. The third-order valence-corrected chi connectivity index (χ3v) is 5.83. The zero-order valence-corrected chi connectivity index (χ0v) is 17.6. The van der Waals surface area contributed by atoms with Crippen LogP contribution in [0.15, 0.2) is 42.5 Å². The molecule has 7 heteroatoms. The van der Waals surface area contributed by atoms with Crippen molar-refractivity contribution < 1.29 is 14.0 Å². The van der Waals surface area contributed by atoms with E-state index in [1.54, 1.807) is 13.0 Å². The van der Waals surface area contributed by atoms with Crippen molar-refractivity contribution in [2.75, 3.05) is 0 Å². The van der Waals surface area contributed by atoms with Crippen LogP contribution in [0.5, 0.6) is 0 Å². The van der Waals surface area contributed by atoms with Crippen LogP contribution in [-0.2, 0) is 23.4 Å². The highest BCUT2D eigenvalue weighted by atomic mass is 19.1. The molecule has 1 N–H and O–H groups in total. The van der Waals surface area contributed by atoms with Crippen molar-refractivity contribution in [3.63, 3.8) is 0 Å². The maximum atomic E-state index is 13.6. The molecule has 1 aliphatic heterocycles. The van der Waals surface area contributed by atoms with E-state index >= 15 is 0 Å². The number of benzene rings is 2. The molecule has 2 heterocycles. The van der Waals surface area contributed by atoms with Gasteiger partial charge in [-0.25, -0.2) is 14.2 Å². The van der Waals surface area contributed by atoms with Gasteiger partial charge in [-0.3, -0.25) is 9.69 Å². The third-order valence-electron chi connectivity index (χ3n) is 5.83. The number of rotatable bonds is 5. The van der Waals surface area contributed by atoms with Gasteiger partial charge in [-0.05, 0) is 43.0 Å². The molecule has 2 aromatic carbocycles. The van der Waals surface area contributed by atoms with Gasteiger partial charge in [-0.15, -0.1) is 0 Å². The van der Waals surface area contributed by atoms with Crippen LogP contribution >= 0.6 is 0 Å². The molecular formula is C23H25FN4O2. The van der Waals surface area contributed by atoms with E-state index in [0.717, 1.165) is 11.1 Å². The Morgan fingerprint density at radius 2 is 1.83 bits per heavy atom. The molecule has 1 unspecified atom stereocenters. The average Bonchev–Trinajstić information content (AvgIpc) is 3.17. The topological polar surface area (TPSA) is 67.2 Å². The van der Waals surface area contributed by atoms with Crippen LogP contribution in [-0.4, -0.2) is 26.4 Å². The van der Waals surface area contributed by atoms with Gasteiger partial charge < -0.3 is 9.88 Å². The molecule has 0 bridgehead atoms. The Labute approximate surface area is 174 Å². The summed E-state index contributed by atoms with van der Waals surface area (Å²) in [5.74, 6) is 0.220. The lowest BCUT2D eigenvalue weighted by Gasteiger charge is -2.23. The molecule has 3 aromatic rings. The second kappa shape index (κ2) is 7.23. The summed E-state index contributed by atoms with van der Waals surface area (Å²) in [6.07, 6.45) is 0. The number of urea groups is 1. The molecule has 1 fully saturated rings.